The maximum atomic E-state index is 10.1. The van der Waals surface area contributed by atoms with Crippen molar-refractivity contribution in [3.8, 4) is 11.6 Å². The molecule has 1 aliphatic rings. The minimum absolute atomic E-state index is 0.245. The molecule has 3 N–H and O–H groups in total. The van der Waals surface area contributed by atoms with Gasteiger partial charge in [-0.15, -0.1) is 5.10 Å². The molecule has 1 fully saturated rings. The predicted octanol–water partition coefficient (Wildman–Crippen LogP) is 2.95. The van der Waals surface area contributed by atoms with Crippen LogP contribution < -0.4 is 5.73 Å². The summed E-state index contributed by atoms with van der Waals surface area (Å²) in [5.74, 6) is 2.03. The lowest BCUT2D eigenvalue weighted by Crippen LogP contribution is -2.23. The van der Waals surface area contributed by atoms with Crippen molar-refractivity contribution in [3.05, 3.63) is 53.4 Å². The van der Waals surface area contributed by atoms with Crippen molar-refractivity contribution >= 4 is 11.6 Å². The number of aromatic nitrogens is 6. The summed E-state index contributed by atoms with van der Waals surface area (Å²) in [5.41, 5.74) is 9.15. The molecule has 4 aromatic rings. The van der Waals surface area contributed by atoms with Gasteiger partial charge >= 0.3 is 0 Å². The standard InChI is InChI=1S/C21H23N7O2/c1-11-16(19-23-6-7-30-19)25-20(22)28-18(11)26-17(27-28)13-8-12(9-13)15-5-4-14(10-24-15)21(2,3)29/h4-7,10,12-13,29H,8-9H2,1-3H3,(H2,22,25)/t12-,13-. The molecular formula is C21H23N7O2. The number of oxazole rings is 1. The number of hydrogen-bond acceptors (Lipinski definition) is 8. The first kappa shape index (κ1) is 18.7. The molecule has 30 heavy (non-hydrogen) atoms. The zero-order valence-electron chi connectivity index (χ0n) is 17.1. The Kier molecular flexibility index (Phi) is 4.11. The largest absolute Gasteiger partial charge is 0.443 e. The van der Waals surface area contributed by atoms with Crippen molar-refractivity contribution in [2.24, 2.45) is 0 Å². The Balaban J connectivity index is 1.38. The van der Waals surface area contributed by atoms with E-state index in [9.17, 15) is 5.11 Å². The molecule has 0 amide bonds. The molecule has 154 valence electrons. The van der Waals surface area contributed by atoms with E-state index in [2.05, 4.69) is 20.1 Å². The number of anilines is 1. The van der Waals surface area contributed by atoms with Gasteiger partial charge in [0.25, 0.3) is 0 Å². The molecule has 0 atom stereocenters. The fourth-order valence-corrected chi connectivity index (χ4v) is 3.88. The van der Waals surface area contributed by atoms with Crippen LogP contribution in [-0.4, -0.2) is 34.7 Å². The first-order valence-corrected chi connectivity index (χ1v) is 9.92. The van der Waals surface area contributed by atoms with Gasteiger partial charge < -0.3 is 15.3 Å². The number of fused-ring (bicyclic) bond motifs is 1. The van der Waals surface area contributed by atoms with Crippen LogP contribution in [-0.2, 0) is 5.60 Å². The van der Waals surface area contributed by atoms with Crippen LogP contribution in [0.2, 0.25) is 0 Å². The van der Waals surface area contributed by atoms with Crippen LogP contribution >= 0.6 is 0 Å². The van der Waals surface area contributed by atoms with Crippen molar-refractivity contribution in [2.75, 3.05) is 5.73 Å². The van der Waals surface area contributed by atoms with Crippen molar-refractivity contribution in [3.63, 3.8) is 0 Å². The Hall–Kier alpha value is -3.33. The van der Waals surface area contributed by atoms with Gasteiger partial charge in [0.2, 0.25) is 11.8 Å². The summed E-state index contributed by atoms with van der Waals surface area (Å²) in [6.45, 7) is 5.43. The number of nitrogens with zero attached hydrogens (tertiary/aromatic N) is 6. The van der Waals surface area contributed by atoms with Crippen molar-refractivity contribution in [1.29, 1.82) is 0 Å². The van der Waals surface area contributed by atoms with Crippen LogP contribution in [0.5, 0.6) is 0 Å². The van der Waals surface area contributed by atoms with Gasteiger partial charge in [-0.2, -0.15) is 4.52 Å². The Morgan fingerprint density at radius 2 is 1.97 bits per heavy atom. The Morgan fingerprint density at radius 3 is 2.60 bits per heavy atom. The van der Waals surface area contributed by atoms with Gasteiger partial charge in [-0.3, -0.25) is 4.98 Å². The normalized spacial score (nSPS) is 19.2. The molecule has 0 unspecified atom stereocenters. The third-order valence-electron chi connectivity index (χ3n) is 5.81. The summed E-state index contributed by atoms with van der Waals surface area (Å²) in [6.07, 6.45) is 6.67. The van der Waals surface area contributed by atoms with Gasteiger partial charge in [-0.25, -0.2) is 15.0 Å². The Labute approximate surface area is 173 Å². The molecule has 1 saturated carbocycles. The molecule has 1 aliphatic carbocycles. The van der Waals surface area contributed by atoms with Gasteiger partial charge in [-0.05, 0) is 39.7 Å². The lowest BCUT2D eigenvalue weighted by Gasteiger charge is -2.33. The molecule has 9 heteroatoms. The number of nitrogens with two attached hydrogens (primary N) is 1. The third kappa shape index (κ3) is 3.02. The minimum Gasteiger partial charge on any atom is -0.443 e. The van der Waals surface area contributed by atoms with E-state index in [1.165, 1.54) is 6.26 Å². The maximum absolute atomic E-state index is 10.1. The van der Waals surface area contributed by atoms with E-state index in [0.717, 1.165) is 35.5 Å². The van der Waals surface area contributed by atoms with Gasteiger partial charge in [0, 0.05) is 34.9 Å². The zero-order valence-corrected chi connectivity index (χ0v) is 17.1. The molecule has 0 radical (unpaired) electrons. The number of aliphatic hydroxyl groups is 1. The molecule has 4 heterocycles. The maximum Gasteiger partial charge on any atom is 0.245 e. The molecule has 4 aromatic heterocycles. The number of aryl methyl sites for hydroxylation is 1. The van der Waals surface area contributed by atoms with Gasteiger partial charge in [0.1, 0.15) is 12.0 Å². The van der Waals surface area contributed by atoms with Crippen LogP contribution in [0.15, 0.2) is 35.2 Å². The second-order valence-corrected chi connectivity index (χ2v) is 8.38. The first-order chi connectivity index (χ1) is 14.3. The summed E-state index contributed by atoms with van der Waals surface area (Å²) in [7, 11) is 0. The van der Waals surface area contributed by atoms with Gasteiger partial charge in [-0.1, -0.05) is 6.07 Å². The van der Waals surface area contributed by atoms with E-state index in [1.54, 1.807) is 30.8 Å². The molecule has 0 aliphatic heterocycles. The van der Waals surface area contributed by atoms with Crippen LogP contribution in [0.25, 0.3) is 17.2 Å². The Bertz CT molecular complexity index is 1200. The summed E-state index contributed by atoms with van der Waals surface area (Å²) in [5, 5.41) is 14.7. The topological polar surface area (TPSA) is 128 Å². The summed E-state index contributed by atoms with van der Waals surface area (Å²) in [6, 6.07) is 3.94. The number of nitrogen functional groups attached to an aromatic ring is 1. The van der Waals surface area contributed by atoms with Crippen LogP contribution in [0.1, 0.15) is 61.2 Å². The van der Waals surface area contributed by atoms with E-state index in [1.807, 2.05) is 19.1 Å². The quantitative estimate of drug-likeness (QED) is 0.530. The van der Waals surface area contributed by atoms with E-state index in [4.69, 9.17) is 15.1 Å². The second kappa shape index (κ2) is 6.60. The second-order valence-electron chi connectivity index (χ2n) is 8.38. The van der Waals surface area contributed by atoms with Crippen LogP contribution in [0, 0.1) is 6.92 Å². The van der Waals surface area contributed by atoms with Gasteiger partial charge in [0.05, 0.1) is 11.8 Å². The fourth-order valence-electron chi connectivity index (χ4n) is 3.88. The predicted molar refractivity (Wildman–Crippen MR) is 110 cm³/mol. The monoisotopic (exact) mass is 405 g/mol. The highest BCUT2D eigenvalue weighted by Gasteiger charge is 2.35. The molecule has 0 spiro atoms. The van der Waals surface area contributed by atoms with Crippen molar-refractivity contribution in [1.82, 2.24) is 29.5 Å². The minimum atomic E-state index is -0.885. The molecule has 0 bridgehead atoms. The number of hydrogen-bond donors (Lipinski definition) is 2. The SMILES string of the molecule is Cc1c(-c2ncco2)nc(N)n2nc([C@H]3C[C@H](c4ccc(C(C)(C)O)cn4)C3)nc12. The third-order valence-corrected chi connectivity index (χ3v) is 5.81. The van der Waals surface area contributed by atoms with E-state index in [-0.39, 0.29) is 11.9 Å². The highest BCUT2D eigenvalue weighted by molar-refractivity contribution is 5.65. The smallest absolute Gasteiger partial charge is 0.245 e. The van der Waals surface area contributed by atoms with E-state index in [0.29, 0.717) is 23.1 Å². The molecule has 0 saturated heterocycles. The Morgan fingerprint density at radius 1 is 1.17 bits per heavy atom. The summed E-state index contributed by atoms with van der Waals surface area (Å²) < 4.78 is 6.96. The van der Waals surface area contributed by atoms with E-state index < -0.39 is 5.60 Å². The van der Waals surface area contributed by atoms with E-state index >= 15 is 0 Å². The molecule has 0 aromatic carbocycles. The van der Waals surface area contributed by atoms with Crippen LogP contribution in [0.3, 0.4) is 0 Å². The lowest BCUT2D eigenvalue weighted by molar-refractivity contribution is 0.0781. The fraction of sp³-hybridized carbons (Fsp3) is 0.381. The molecular weight excluding hydrogens is 382 g/mol. The lowest BCUT2D eigenvalue weighted by atomic mass is 9.72. The number of pyridine rings is 1. The highest BCUT2D eigenvalue weighted by atomic mass is 16.3. The highest BCUT2D eigenvalue weighted by Crippen LogP contribution is 2.46. The summed E-state index contributed by atoms with van der Waals surface area (Å²) in [4.78, 5) is 17.9. The average Bonchev–Trinajstić information content (AvgIpc) is 3.34. The zero-order chi connectivity index (χ0) is 21.0. The van der Waals surface area contributed by atoms with Crippen LogP contribution in [0.4, 0.5) is 5.95 Å². The number of rotatable bonds is 4. The first-order valence-electron chi connectivity index (χ1n) is 9.92. The van der Waals surface area contributed by atoms with Crippen molar-refractivity contribution in [2.45, 2.75) is 51.0 Å². The molecule has 9 nitrogen and oxygen atoms in total. The van der Waals surface area contributed by atoms with Crippen molar-refractivity contribution < 1.29 is 9.52 Å². The average molecular weight is 405 g/mol. The van der Waals surface area contributed by atoms with Gasteiger partial charge in [0.15, 0.2) is 11.5 Å². The summed E-state index contributed by atoms with van der Waals surface area (Å²) >= 11 is 0. The molecule has 5 rings (SSSR count).